The molecule has 0 amide bonds. The third-order valence-electron chi connectivity index (χ3n) is 3.81. The van der Waals surface area contributed by atoms with Crippen molar-refractivity contribution in [1.82, 2.24) is 0 Å². The fourth-order valence-electron chi connectivity index (χ4n) is 2.86. The summed E-state index contributed by atoms with van der Waals surface area (Å²) in [6.45, 7) is 7.58. The van der Waals surface area contributed by atoms with Crippen molar-refractivity contribution in [2.75, 3.05) is 0 Å². The van der Waals surface area contributed by atoms with Gasteiger partial charge in [-0.15, -0.1) is 13.2 Å². The van der Waals surface area contributed by atoms with Gasteiger partial charge in [-0.3, -0.25) is 0 Å². The topological polar surface area (TPSA) is 35.2 Å². The van der Waals surface area contributed by atoms with E-state index in [4.69, 9.17) is 10.5 Å². The van der Waals surface area contributed by atoms with Gasteiger partial charge in [0.25, 0.3) is 0 Å². The Balaban J connectivity index is 2.18. The van der Waals surface area contributed by atoms with Crippen molar-refractivity contribution in [1.29, 1.82) is 0 Å². The van der Waals surface area contributed by atoms with E-state index >= 15 is 0 Å². The SMILES string of the molecule is C=CCC1=CC2OC=c3ccc(CC=C)cc3=C2C(N)=C1. The van der Waals surface area contributed by atoms with Gasteiger partial charge in [-0.2, -0.15) is 0 Å². The minimum Gasteiger partial charge on any atom is -0.488 e. The highest BCUT2D eigenvalue weighted by Crippen LogP contribution is 2.26. The molecule has 1 atom stereocenters. The smallest absolute Gasteiger partial charge is 0.144 e. The second kappa shape index (κ2) is 5.49. The molecule has 0 spiro atoms. The molecule has 0 radical (unpaired) electrons. The monoisotopic (exact) mass is 277 g/mol. The molecule has 0 aromatic heterocycles. The molecular formula is C19H19NO. The molecule has 2 aliphatic rings. The number of ether oxygens (including phenoxy) is 1. The van der Waals surface area contributed by atoms with E-state index in [-0.39, 0.29) is 6.10 Å². The molecule has 1 aliphatic heterocycles. The predicted octanol–water partition coefficient (Wildman–Crippen LogP) is 2.06. The maximum atomic E-state index is 6.28. The molecular weight excluding hydrogens is 258 g/mol. The first-order chi connectivity index (χ1) is 10.2. The van der Waals surface area contributed by atoms with Crippen molar-refractivity contribution in [2.24, 2.45) is 5.73 Å². The first-order valence-corrected chi connectivity index (χ1v) is 7.11. The van der Waals surface area contributed by atoms with E-state index in [0.717, 1.165) is 40.1 Å². The van der Waals surface area contributed by atoms with Gasteiger partial charge in [0.2, 0.25) is 0 Å². The molecule has 0 bridgehead atoms. The van der Waals surface area contributed by atoms with Crippen LogP contribution in [0.15, 0.2) is 66.9 Å². The molecule has 0 saturated carbocycles. The lowest BCUT2D eigenvalue weighted by atomic mass is 9.91. The molecule has 2 heteroatoms. The molecule has 2 N–H and O–H groups in total. The molecule has 0 fully saturated rings. The highest BCUT2D eigenvalue weighted by Gasteiger charge is 2.23. The summed E-state index contributed by atoms with van der Waals surface area (Å²) in [7, 11) is 0. The van der Waals surface area contributed by atoms with E-state index in [1.165, 1.54) is 5.56 Å². The van der Waals surface area contributed by atoms with Crippen LogP contribution in [0.4, 0.5) is 0 Å². The predicted molar refractivity (Wildman–Crippen MR) is 87.5 cm³/mol. The summed E-state index contributed by atoms with van der Waals surface area (Å²) >= 11 is 0. The molecule has 1 aliphatic carbocycles. The summed E-state index contributed by atoms with van der Waals surface area (Å²) in [5.74, 6) is 0. The normalized spacial score (nSPS) is 19.2. The Bertz CT molecular complexity index is 780. The average Bonchev–Trinajstić information content (AvgIpc) is 2.47. The van der Waals surface area contributed by atoms with Gasteiger partial charge in [0.15, 0.2) is 0 Å². The van der Waals surface area contributed by atoms with Crippen molar-refractivity contribution in [2.45, 2.75) is 18.9 Å². The summed E-state index contributed by atoms with van der Waals surface area (Å²) in [5, 5.41) is 2.24. The van der Waals surface area contributed by atoms with Crippen molar-refractivity contribution in [3.8, 4) is 0 Å². The van der Waals surface area contributed by atoms with Crippen molar-refractivity contribution < 1.29 is 4.74 Å². The van der Waals surface area contributed by atoms with Crippen LogP contribution in [0.3, 0.4) is 0 Å². The summed E-state index contributed by atoms with van der Waals surface area (Å²) in [4.78, 5) is 0. The second-order valence-electron chi connectivity index (χ2n) is 5.34. The molecule has 106 valence electrons. The Hall–Kier alpha value is -2.48. The lowest BCUT2D eigenvalue weighted by Crippen LogP contribution is -2.38. The standard InChI is InChI=1S/C19H19NO/c1-3-5-13-7-8-15-12-21-18-11-14(6-4-2)10-17(20)19(18)16(15)9-13/h3-4,7-12,18H,1-2,5-6,20H2. The minimum atomic E-state index is -0.101. The van der Waals surface area contributed by atoms with Gasteiger partial charge in [0, 0.05) is 16.5 Å². The maximum absolute atomic E-state index is 6.28. The van der Waals surface area contributed by atoms with E-state index < -0.39 is 0 Å². The van der Waals surface area contributed by atoms with E-state index in [9.17, 15) is 0 Å². The lowest BCUT2D eigenvalue weighted by molar-refractivity contribution is 0.273. The summed E-state index contributed by atoms with van der Waals surface area (Å²) in [6.07, 6.45) is 11.3. The zero-order chi connectivity index (χ0) is 14.8. The number of nitrogens with two attached hydrogens (primary N) is 1. The zero-order valence-corrected chi connectivity index (χ0v) is 12.0. The number of benzene rings is 1. The van der Waals surface area contributed by atoms with E-state index in [0.29, 0.717) is 0 Å². The van der Waals surface area contributed by atoms with Gasteiger partial charge >= 0.3 is 0 Å². The van der Waals surface area contributed by atoms with Crippen molar-refractivity contribution in [3.63, 3.8) is 0 Å². The van der Waals surface area contributed by atoms with Crippen LogP contribution in [-0.2, 0) is 11.2 Å². The number of fused-ring (bicyclic) bond motifs is 2. The molecule has 0 saturated heterocycles. The van der Waals surface area contributed by atoms with Gasteiger partial charge in [-0.05, 0) is 41.3 Å². The summed E-state index contributed by atoms with van der Waals surface area (Å²) in [6, 6.07) is 6.36. The van der Waals surface area contributed by atoms with Gasteiger partial charge in [-0.1, -0.05) is 30.4 Å². The minimum absolute atomic E-state index is 0.101. The molecule has 21 heavy (non-hydrogen) atoms. The number of hydrogen-bond donors (Lipinski definition) is 1. The van der Waals surface area contributed by atoms with Crippen molar-refractivity contribution >= 4 is 11.8 Å². The van der Waals surface area contributed by atoms with E-state index in [2.05, 4.69) is 37.4 Å². The Morgan fingerprint density at radius 2 is 2.00 bits per heavy atom. The van der Waals surface area contributed by atoms with Crippen LogP contribution in [-0.4, -0.2) is 6.10 Å². The van der Waals surface area contributed by atoms with E-state index in [1.54, 1.807) is 0 Å². The number of allylic oxidation sites excluding steroid dienone is 4. The first-order valence-electron chi connectivity index (χ1n) is 7.11. The zero-order valence-electron chi connectivity index (χ0n) is 12.0. The number of rotatable bonds is 4. The third kappa shape index (κ3) is 2.45. The summed E-state index contributed by atoms with van der Waals surface area (Å²) < 4.78 is 5.84. The fourth-order valence-corrected chi connectivity index (χ4v) is 2.86. The number of hydrogen-bond acceptors (Lipinski definition) is 2. The quantitative estimate of drug-likeness (QED) is 0.855. The lowest BCUT2D eigenvalue weighted by Gasteiger charge is -2.25. The Morgan fingerprint density at radius 3 is 2.76 bits per heavy atom. The summed E-state index contributed by atoms with van der Waals surface area (Å²) in [5.41, 5.74) is 10.5. The molecule has 3 rings (SSSR count). The molecule has 1 unspecified atom stereocenters. The van der Waals surface area contributed by atoms with Crippen LogP contribution in [0, 0.1) is 0 Å². The fraction of sp³-hybridized carbons (Fsp3) is 0.158. The van der Waals surface area contributed by atoms with Crippen molar-refractivity contribution in [3.05, 3.63) is 82.9 Å². The molecule has 1 aromatic carbocycles. The maximum Gasteiger partial charge on any atom is 0.144 e. The Morgan fingerprint density at radius 1 is 1.19 bits per heavy atom. The molecule has 1 heterocycles. The molecule has 2 nitrogen and oxygen atoms in total. The third-order valence-corrected chi connectivity index (χ3v) is 3.81. The second-order valence-corrected chi connectivity index (χ2v) is 5.34. The van der Waals surface area contributed by atoms with Crippen LogP contribution in [0.2, 0.25) is 0 Å². The largest absolute Gasteiger partial charge is 0.488 e. The van der Waals surface area contributed by atoms with Crippen LogP contribution in [0.1, 0.15) is 12.0 Å². The van der Waals surface area contributed by atoms with Crippen LogP contribution < -0.4 is 16.2 Å². The van der Waals surface area contributed by atoms with Gasteiger partial charge in [0.05, 0.1) is 6.26 Å². The van der Waals surface area contributed by atoms with Crippen LogP contribution in [0.5, 0.6) is 0 Å². The first kappa shape index (κ1) is 13.5. The highest BCUT2D eigenvalue weighted by molar-refractivity contribution is 5.73. The van der Waals surface area contributed by atoms with Gasteiger partial charge in [0.1, 0.15) is 6.10 Å². The molecule has 1 aromatic rings. The highest BCUT2D eigenvalue weighted by atomic mass is 16.5. The average molecular weight is 277 g/mol. The van der Waals surface area contributed by atoms with E-state index in [1.807, 2.05) is 24.5 Å². The Labute approximate surface area is 124 Å². The van der Waals surface area contributed by atoms with Crippen LogP contribution in [0.25, 0.3) is 11.8 Å². The van der Waals surface area contributed by atoms with Gasteiger partial charge < -0.3 is 10.5 Å². The Kier molecular flexibility index (Phi) is 3.53. The van der Waals surface area contributed by atoms with Crippen LogP contribution >= 0.6 is 0 Å². The van der Waals surface area contributed by atoms with Gasteiger partial charge in [-0.25, -0.2) is 0 Å².